The summed E-state index contributed by atoms with van der Waals surface area (Å²) in [6.07, 6.45) is 0.812. The third-order valence-corrected chi connectivity index (χ3v) is 2.94. The molecule has 0 heterocycles. The zero-order valence-electron chi connectivity index (χ0n) is 10.5. The Kier molecular flexibility index (Phi) is 6.29. The maximum Gasteiger partial charge on any atom is 0.303 e. The normalized spacial score (nSPS) is 11.3. The van der Waals surface area contributed by atoms with E-state index in [0.717, 1.165) is 11.3 Å². The molecule has 3 nitrogen and oxygen atoms in total. The first-order valence-corrected chi connectivity index (χ1v) is 6.34. The van der Waals surface area contributed by atoms with Crippen molar-refractivity contribution in [1.82, 2.24) is 0 Å². The SMILES string of the molecule is C/C(=C/Cl)CN(CCCC(=O)O)c1ccccc1. The molecule has 18 heavy (non-hydrogen) atoms. The number of carboxylic acid groups (broad SMARTS) is 1. The van der Waals surface area contributed by atoms with Gasteiger partial charge in [0.05, 0.1) is 0 Å². The fraction of sp³-hybridized carbons (Fsp3) is 0.357. The van der Waals surface area contributed by atoms with E-state index in [1.165, 1.54) is 0 Å². The van der Waals surface area contributed by atoms with Gasteiger partial charge in [-0.25, -0.2) is 0 Å². The summed E-state index contributed by atoms with van der Waals surface area (Å²) in [7, 11) is 0. The Morgan fingerprint density at radius 3 is 2.61 bits per heavy atom. The summed E-state index contributed by atoms with van der Waals surface area (Å²) in [6, 6.07) is 9.94. The van der Waals surface area contributed by atoms with Gasteiger partial charge in [-0.1, -0.05) is 29.8 Å². The Hall–Kier alpha value is -1.48. The van der Waals surface area contributed by atoms with Crippen molar-refractivity contribution >= 4 is 23.3 Å². The first-order chi connectivity index (χ1) is 8.63. The summed E-state index contributed by atoms with van der Waals surface area (Å²) in [6.45, 7) is 3.38. The first-order valence-electron chi connectivity index (χ1n) is 5.91. The van der Waals surface area contributed by atoms with Crippen LogP contribution in [0.15, 0.2) is 41.4 Å². The molecule has 0 saturated carbocycles. The molecule has 0 radical (unpaired) electrons. The monoisotopic (exact) mass is 267 g/mol. The summed E-state index contributed by atoms with van der Waals surface area (Å²) in [5.41, 5.74) is 3.70. The van der Waals surface area contributed by atoms with Crippen molar-refractivity contribution in [3.63, 3.8) is 0 Å². The molecule has 0 amide bonds. The molecule has 0 fully saturated rings. The molecule has 1 aromatic carbocycles. The Labute approximate surface area is 113 Å². The quantitative estimate of drug-likeness (QED) is 0.822. The predicted octanol–water partition coefficient (Wildman–Crippen LogP) is 3.50. The van der Waals surface area contributed by atoms with Crippen LogP contribution in [0.3, 0.4) is 0 Å². The second-order valence-corrected chi connectivity index (χ2v) is 4.43. The van der Waals surface area contributed by atoms with Gasteiger partial charge in [0, 0.05) is 30.7 Å². The Balaban J connectivity index is 2.66. The van der Waals surface area contributed by atoms with E-state index in [1.54, 1.807) is 5.54 Å². The molecule has 0 unspecified atom stereocenters. The highest BCUT2D eigenvalue weighted by atomic mass is 35.5. The lowest BCUT2D eigenvalue weighted by Gasteiger charge is -2.24. The van der Waals surface area contributed by atoms with Crippen LogP contribution in [0.2, 0.25) is 0 Å². The number of hydrogen-bond acceptors (Lipinski definition) is 2. The molecule has 1 N–H and O–H groups in total. The summed E-state index contributed by atoms with van der Waals surface area (Å²) in [5, 5.41) is 8.67. The minimum atomic E-state index is -0.757. The Bertz CT molecular complexity index is 404. The molecule has 0 atom stereocenters. The number of benzene rings is 1. The van der Waals surface area contributed by atoms with Crippen LogP contribution in [0.25, 0.3) is 0 Å². The molecule has 0 aliphatic rings. The number of hydrogen-bond donors (Lipinski definition) is 1. The smallest absolute Gasteiger partial charge is 0.303 e. The van der Waals surface area contributed by atoms with Crippen molar-refractivity contribution in [2.24, 2.45) is 0 Å². The van der Waals surface area contributed by atoms with Gasteiger partial charge < -0.3 is 10.0 Å². The number of aliphatic carboxylic acids is 1. The minimum absolute atomic E-state index is 0.187. The number of para-hydroxylation sites is 1. The average Bonchev–Trinajstić information content (AvgIpc) is 2.38. The van der Waals surface area contributed by atoms with Crippen LogP contribution in [0.4, 0.5) is 5.69 Å². The Morgan fingerprint density at radius 1 is 1.39 bits per heavy atom. The lowest BCUT2D eigenvalue weighted by molar-refractivity contribution is -0.137. The van der Waals surface area contributed by atoms with Gasteiger partial charge in [-0.2, -0.15) is 0 Å². The summed E-state index contributed by atoms with van der Waals surface area (Å²) in [5.74, 6) is -0.757. The van der Waals surface area contributed by atoms with E-state index in [-0.39, 0.29) is 6.42 Å². The molecule has 0 aromatic heterocycles. The van der Waals surface area contributed by atoms with Crippen molar-refractivity contribution in [3.8, 4) is 0 Å². The van der Waals surface area contributed by atoms with Crippen molar-refractivity contribution in [2.75, 3.05) is 18.0 Å². The molecular weight excluding hydrogens is 250 g/mol. The molecule has 1 rings (SSSR count). The third-order valence-electron chi connectivity index (χ3n) is 2.57. The number of anilines is 1. The topological polar surface area (TPSA) is 40.5 Å². The molecule has 1 aromatic rings. The minimum Gasteiger partial charge on any atom is -0.481 e. The molecule has 98 valence electrons. The van der Waals surface area contributed by atoms with Crippen LogP contribution < -0.4 is 4.90 Å². The van der Waals surface area contributed by atoms with E-state index < -0.39 is 5.97 Å². The molecule has 0 aliphatic heterocycles. The van der Waals surface area contributed by atoms with Crippen molar-refractivity contribution < 1.29 is 9.90 Å². The molecule has 0 aliphatic carbocycles. The van der Waals surface area contributed by atoms with Crippen LogP contribution >= 0.6 is 11.6 Å². The second-order valence-electron chi connectivity index (χ2n) is 4.21. The average molecular weight is 268 g/mol. The van der Waals surface area contributed by atoms with Gasteiger partial charge in [0.2, 0.25) is 0 Å². The highest BCUT2D eigenvalue weighted by molar-refractivity contribution is 6.25. The van der Waals surface area contributed by atoms with Crippen molar-refractivity contribution in [2.45, 2.75) is 19.8 Å². The van der Waals surface area contributed by atoms with Gasteiger partial charge in [0.15, 0.2) is 0 Å². The molecule has 0 bridgehead atoms. The van der Waals surface area contributed by atoms with E-state index >= 15 is 0 Å². The van der Waals surface area contributed by atoms with Gasteiger partial charge in [-0.15, -0.1) is 0 Å². The van der Waals surface area contributed by atoms with Gasteiger partial charge in [-0.05, 0) is 31.1 Å². The van der Waals surface area contributed by atoms with Gasteiger partial charge in [-0.3, -0.25) is 4.79 Å². The lowest BCUT2D eigenvalue weighted by Crippen LogP contribution is -2.26. The summed E-state index contributed by atoms with van der Waals surface area (Å²) in [4.78, 5) is 12.7. The molecule has 0 spiro atoms. The maximum atomic E-state index is 10.5. The fourth-order valence-electron chi connectivity index (χ4n) is 1.69. The number of rotatable bonds is 7. The van der Waals surface area contributed by atoms with Crippen LogP contribution in [0, 0.1) is 0 Å². The largest absolute Gasteiger partial charge is 0.481 e. The van der Waals surface area contributed by atoms with Gasteiger partial charge in [0.1, 0.15) is 0 Å². The molecule has 0 saturated heterocycles. The highest BCUT2D eigenvalue weighted by Crippen LogP contribution is 2.16. The molecule has 4 heteroatoms. The zero-order valence-corrected chi connectivity index (χ0v) is 11.2. The van der Waals surface area contributed by atoms with Crippen LogP contribution in [-0.2, 0) is 4.79 Å². The Morgan fingerprint density at radius 2 is 2.06 bits per heavy atom. The van der Waals surface area contributed by atoms with Gasteiger partial charge >= 0.3 is 5.97 Å². The second kappa shape index (κ2) is 7.77. The van der Waals surface area contributed by atoms with Crippen LogP contribution in [0.1, 0.15) is 19.8 Å². The molecular formula is C14H18ClNO2. The number of halogens is 1. The van der Waals surface area contributed by atoms with E-state index in [0.29, 0.717) is 19.5 Å². The number of nitrogens with zero attached hydrogens (tertiary/aromatic N) is 1. The highest BCUT2D eigenvalue weighted by Gasteiger charge is 2.07. The van der Waals surface area contributed by atoms with E-state index in [2.05, 4.69) is 4.90 Å². The van der Waals surface area contributed by atoms with Crippen LogP contribution in [0.5, 0.6) is 0 Å². The van der Waals surface area contributed by atoms with Crippen molar-refractivity contribution in [3.05, 3.63) is 41.4 Å². The van der Waals surface area contributed by atoms with Gasteiger partial charge in [0.25, 0.3) is 0 Å². The standard InChI is InChI=1S/C14H18ClNO2/c1-12(10-15)11-16(9-5-8-14(17)18)13-6-3-2-4-7-13/h2-4,6-7,10H,5,8-9,11H2,1H3,(H,17,18)/b12-10-. The van der Waals surface area contributed by atoms with Crippen molar-refractivity contribution in [1.29, 1.82) is 0 Å². The number of carboxylic acids is 1. The predicted molar refractivity (Wildman–Crippen MR) is 75.1 cm³/mol. The lowest BCUT2D eigenvalue weighted by atomic mass is 10.2. The third kappa shape index (κ3) is 5.23. The summed E-state index contributed by atoms with van der Waals surface area (Å²) < 4.78 is 0. The van der Waals surface area contributed by atoms with E-state index in [9.17, 15) is 4.79 Å². The first kappa shape index (κ1) is 14.6. The van der Waals surface area contributed by atoms with Crippen LogP contribution in [-0.4, -0.2) is 24.2 Å². The summed E-state index contributed by atoms with van der Waals surface area (Å²) >= 11 is 5.69. The zero-order chi connectivity index (χ0) is 13.4. The maximum absolute atomic E-state index is 10.5. The van der Waals surface area contributed by atoms with E-state index in [4.69, 9.17) is 16.7 Å². The fourth-order valence-corrected chi connectivity index (χ4v) is 1.76. The number of carbonyl (C=O) groups is 1. The van der Waals surface area contributed by atoms with E-state index in [1.807, 2.05) is 37.3 Å².